The first-order valence-electron chi connectivity index (χ1n) is 10.3. The highest BCUT2D eigenvalue weighted by atomic mass is 32.2. The van der Waals surface area contributed by atoms with Crippen molar-refractivity contribution in [3.05, 3.63) is 42.6 Å². The Kier molecular flexibility index (Phi) is 5.32. The summed E-state index contributed by atoms with van der Waals surface area (Å²) >= 11 is 0. The van der Waals surface area contributed by atoms with Crippen molar-refractivity contribution >= 4 is 21.3 Å². The van der Waals surface area contributed by atoms with Crippen LogP contribution < -0.4 is 5.32 Å². The number of imidazole rings is 1. The second-order valence-corrected chi connectivity index (χ2v) is 10.8. The number of hydrogen-bond donors (Lipinski definition) is 2. The van der Waals surface area contributed by atoms with E-state index in [0.29, 0.717) is 17.6 Å². The summed E-state index contributed by atoms with van der Waals surface area (Å²) in [5, 5.41) is 18.5. The average molecular weight is 429 g/mol. The summed E-state index contributed by atoms with van der Waals surface area (Å²) in [6.07, 6.45) is 6.86. The van der Waals surface area contributed by atoms with Gasteiger partial charge in [0.2, 0.25) is 0 Å². The third-order valence-corrected chi connectivity index (χ3v) is 7.11. The Bertz CT molecular complexity index is 1160. The molecule has 1 aliphatic carbocycles. The number of fused-ring (bicyclic) bond motifs is 1. The predicted octanol–water partition coefficient (Wildman–Crippen LogP) is 3.54. The van der Waals surface area contributed by atoms with Crippen molar-refractivity contribution in [2.45, 2.75) is 56.1 Å². The molecule has 0 radical (unpaired) electrons. The highest BCUT2D eigenvalue weighted by Gasteiger charge is 2.31. The molecule has 2 heterocycles. The van der Waals surface area contributed by atoms with Gasteiger partial charge < -0.3 is 10.4 Å². The van der Waals surface area contributed by atoms with E-state index in [9.17, 15) is 13.5 Å². The Morgan fingerprint density at radius 1 is 1.13 bits per heavy atom. The van der Waals surface area contributed by atoms with Gasteiger partial charge in [0.25, 0.3) is 0 Å². The summed E-state index contributed by atoms with van der Waals surface area (Å²) in [4.78, 5) is 4.68. The molecule has 1 fully saturated rings. The predicted molar refractivity (Wildman–Crippen MR) is 117 cm³/mol. The molecule has 1 aromatic carbocycles. The van der Waals surface area contributed by atoms with Gasteiger partial charge in [-0.3, -0.25) is 0 Å². The molecule has 1 saturated carbocycles. The smallest absolute Gasteiger partial charge is 0.175 e. The third-order valence-electron chi connectivity index (χ3n) is 6.00. The molecular weight excluding hydrogens is 400 g/mol. The van der Waals surface area contributed by atoms with Crippen molar-refractivity contribution in [3.63, 3.8) is 0 Å². The molecule has 7 nitrogen and oxygen atoms in total. The van der Waals surface area contributed by atoms with E-state index in [4.69, 9.17) is 5.10 Å². The molecule has 0 spiro atoms. The minimum Gasteiger partial charge on any atom is -0.390 e. The first-order chi connectivity index (χ1) is 14.1. The lowest BCUT2D eigenvalue weighted by atomic mass is 9.77. The zero-order chi connectivity index (χ0) is 21.5. The Morgan fingerprint density at radius 2 is 1.87 bits per heavy atom. The van der Waals surface area contributed by atoms with Gasteiger partial charge in [-0.25, -0.2) is 17.9 Å². The van der Waals surface area contributed by atoms with E-state index in [-0.39, 0.29) is 4.90 Å². The van der Waals surface area contributed by atoms with Gasteiger partial charge in [-0.05, 0) is 69.7 Å². The summed E-state index contributed by atoms with van der Waals surface area (Å²) in [6.45, 7) is 3.78. The second-order valence-electron chi connectivity index (χ2n) is 8.78. The van der Waals surface area contributed by atoms with Gasteiger partial charge in [0, 0.05) is 17.9 Å². The third kappa shape index (κ3) is 4.34. The first-order valence-corrected chi connectivity index (χ1v) is 12.1. The van der Waals surface area contributed by atoms with Gasteiger partial charge in [0.1, 0.15) is 5.82 Å². The lowest BCUT2D eigenvalue weighted by Crippen LogP contribution is -2.37. The standard InChI is InChI=1S/C22H28N4O3S/c1-22(2,27)16-7-9-17(10-8-16)24-20-11-12-21-23-14-19(26(21)25-20)15-5-4-6-18(13-15)30(3,28)29/h4-6,11-14,16-17,27H,7-10H2,1-3H3,(H,24,25)/t16-,17-. The van der Waals surface area contributed by atoms with Crippen molar-refractivity contribution < 1.29 is 13.5 Å². The largest absolute Gasteiger partial charge is 0.390 e. The molecule has 8 heteroatoms. The number of aliphatic hydroxyl groups is 1. The van der Waals surface area contributed by atoms with Crippen LogP contribution in [0.3, 0.4) is 0 Å². The lowest BCUT2D eigenvalue weighted by Gasteiger charge is -2.36. The van der Waals surface area contributed by atoms with E-state index in [1.807, 2.05) is 32.0 Å². The van der Waals surface area contributed by atoms with Crippen LogP contribution in [0.25, 0.3) is 16.9 Å². The van der Waals surface area contributed by atoms with Gasteiger partial charge >= 0.3 is 0 Å². The number of sulfone groups is 1. The maximum Gasteiger partial charge on any atom is 0.175 e. The summed E-state index contributed by atoms with van der Waals surface area (Å²) < 4.78 is 25.6. The van der Waals surface area contributed by atoms with Crippen molar-refractivity contribution in [2.24, 2.45) is 5.92 Å². The van der Waals surface area contributed by atoms with Gasteiger partial charge in [0.15, 0.2) is 15.5 Å². The van der Waals surface area contributed by atoms with E-state index in [2.05, 4.69) is 10.3 Å². The molecule has 1 aliphatic rings. The summed E-state index contributed by atoms with van der Waals surface area (Å²) in [5.74, 6) is 1.08. The zero-order valence-corrected chi connectivity index (χ0v) is 18.4. The van der Waals surface area contributed by atoms with Gasteiger partial charge in [-0.2, -0.15) is 0 Å². The fourth-order valence-corrected chi connectivity index (χ4v) is 4.85. The molecular formula is C22H28N4O3S. The molecule has 0 unspecified atom stereocenters. The van der Waals surface area contributed by atoms with E-state index < -0.39 is 15.4 Å². The molecule has 160 valence electrons. The van der Waals surface area contributed by atoms with Crippen LogP contribution in [0.1, 0.15) is 39.5 Å². The van der Waals surface area contributed by atoms with Gasteiger partial charge in [-0.15, -0.1) is 5.10 Å². The van der Waals surface area contributed by atoms with E-state index in [1.165, 1.54) is 6.26 Å². The molecule has 0 bridgehead atoms. The van der Waals surface area contributed by atoms with Crippen LogP contribution in [0.2, 0.25) is 0 Å². The van der Waals surface area contributed by atoms with Crippen LogP contribution in [0.5, 0.6) is 0 Å². The van der Waals surface area contributed by atoms with E-state index in [0.717, 1.165) is 42.8 Å². The Hall–Kier alpha value is -2.45. The fraction of sp³-hybridized carbons (Fsp3) is 0.455. The number of anilines is 1. The van der Waals surface area contributed by atoms with Crippen molar-refractivity contribution in [3.8, 4) is 11.3 Å². The maximum atomic E-state index is 11.9. The summed E-state index contributed by atoms with van der Waals surface area (Å²) in [6, 6.07) is 11.0. The Labute approximate surface area is 177 Å². The summed E-state index contributed by atoms with van der Waals surface area (Å²) in [7, 11) is -3.29. The van der Waals surface area contributed by atoms with Crippen LogP contribution in [-0.2, 0) is 9.84 Å². The van der Waals surface area contributed by atoms with Gasteiger partial charge in [0.05, 0.1) is 22.4 Å². The first kappa shape index (κ1) is 20.8. The average Bonchev–Trinajstić information content (AvgIpc) is 3.10. The lowest BCUT2D eigenvalue weighted by molar-refractivity contribution is -0.000406. The molecule has 3 aromatic rings. The molecule has 0 aliphatic heterocycles. The molecule has 4 rings (SSSR count). The zero-order valence-electron chi connectivity index (χ0n) is 17.5. The van der Waals surface area contributed by atoms with Crippen molar-refractivity contribution in [2.75, 3.05) is 11.6 Å². The topological polar surface area (TPSA) is 96.6 Å². The number of hydrogen-bond acceptors (Lipinski definition) is 6. The van der Waals surface area contributed by atoms with Crippen LogP contribution >= 0.6 is 0 Å². The second kappa shape index (κ2) is 7.67. The van der Waals surface area contributed by atoms with Crippen LogP contribution in [0.15, 0.2) is 47.5 Å². The molecule has 0 amide bonds. The normalized spacial score (nSPS) is 20.4. The van der Waals surface area contributed by atoms with E-state index in [1.54, 1.807) is 28.9 Å². The highest BCUT2D eigenvalue weighted by Crippen LogP contribution is 2.33. The highest BCUT2D eigenvalue weighted by molar-refractivity contribution is 7.90. The number of rotatable bonds is 5. The van der Waals surface area contributed by atoms with Crippen LogP contribution in [0.4, 0.5) is 5.82 Å². The maximum absolute atomic E-state index is 11.9. The quantitative estimate of drug-likeness (QED) is 0.645. The minimum absolute atomic E-state index is 0.271. The fourth-order valence-electron chi connectivity index (χ4n) is 4.19. The molecule has 2 aromatic heterocycles. The molecule has 0 saturated heterocycles. The molecule has 2 N–H and O–H groups in total. The van der Waals surface area contributed by atoms with Crippen LogP contribution in [0, 0.1) is 5.92 Å². The summed E-state index contributed by atoms with van der Waals surface area (Å²) in [5.41, 5.74) is 1.56. The van der Waals surface area contributed by atoms with Crippen molar-refractivity contribution in [1.29, 1.82) is 0 Å². The SMILES string of the molecule is CC(C)(O)[C@H]1CC[C@H](Nc2ccc3ncc(-c4cccc(S(C)(=O)=O)c4)n3n2)CC1. The monoisotopic (exact) mass is 428 g/mol. The van der Waals surface area contributed by atoms with Crippen LogP contribution in [-0.4, -0.2) is 46.0 Å². The number of nitrogens with zero attached hydrogens (tertiary/aromatic N) is 3. The van der Waals surface area contributed by atoms with E-state index >= 15 is 0 Å². The van der Waals surface area contributed by atoms with Gasteiger partial charge in [-0.1, -0.05) is 12.1 Å². The number of benzene rings is 1. The molecule has 0 atom stereocenters. The Balaban J connectivity index is 1.57. The number of nitrogens with one attached hydrogen (secondary N) is 1. The number of aromatic nitrogens is 3. The minimum atomic E-state index is -3.29. The Morgan fingerprint density at radius 3 is 2.53 bits per heavy atom. The van der Waals surface area contributed by atoms with Crippen molar-refractivity contribution in [1.82, 2.24) is 14.6 Å². The molecule has 30 heavy (non-hydrogen) atoms.